The maximum absolute atomic E-state index is 10.2. The minimum absolute atomic E-state index is 0.0727. The average molecular weight is 236 g/mol. The lowest BCUT2D eigenvalue weighted by Crippen LogP contribution is -2.17. The van der Waals surface area contributed by atoms with Crippen LogP contribution in [0.2, 0.25) is 0 Å². The highest BCUT2D eigenvalue weighted by Crippen LogP contribution is 2.28. The number of carbonyl (C=O) groups excluding carboxylic acids is 1. The number of aliphatic imine (C=N–C) groups is 1. The lowest BCUT2D eigenvalue weighted by Gasteiger charge is -2.12. The SMILES string of the molecule is COc1cccc(OC)c1CC(N)=NCC=O. The molecule has 0 atom stereocenters. The lowest BCUT2D eigenvalue weighted by molar-refractivity contribution is -0.106. The third-order valence-electron chi connectivity index (χ3n) is 2.26. The van der Waals surface area contributed by atoms with Gasteiger partial charge in [0.15, 0.2) is 0 Å². The Morgan fingerprint density at radius 2 is 1.94 bits per heavy atom. The molecule has 0 saturated carbocycles. The van der Waals surface area contributed by atoms with E-state index in [-0.39, 0.29) is 6.54 Å². The highest BCUT2D eigenvalue weighted by Gasteiger charge is 2.10. The third-order valence-corrected chi connectivity index (χ3v) is 2.26. The standard InChI is InChI=1S/C12H16N2O3/c1-16-10-4-3-5-11(17-2)9(10)8-12(13)14-6-7-15/h3-5,7H,6,8H2,1-2H3,(H2,13,14). The van der Waals surface area contributed by atoms with Gasteiger partial charge in [-0.3, -0.25) is 4.99 Å². The largest absolute Gasteiger partial charge is 0.496 e. The minimum Gasteiger partial charge on any atom is -0.496 e. The minimum atomic E-state index is 0.0727. The predicted octanol–water partition coefficient (Wildman–Crippen LogP) is 0.802. The van der Waals surface area contributed by atoms with Crippen molar-refractivity contribution < 1.29 is 14.3 Å². The van der Waals surface area contributed by atoms with E-state index < -0.39 is 0 Å². The molecular weight excluding hydrogens is 220 g/mol. The number of aldehydes is 1. The molecule has 0 aliphatic heterocycles. The van der Waals surface area contributed by atoms with Crippen molar-refractivity contribution in [1.29, 1.82) is 0 Å². The average Bonchev–Trinajstić information content (AvgIpc) is 2.36. The molecule has 1 aromatic rings. The molecule has 0 amide bonds. The van der Waals surface area contributed by atoms with Crippen LogP contribution in [0.25, 0.3) is 0 Å². The molecule has 0 fully saturated rings. The zero-order valence-electron chi connectivity index (χ0n) is 9.97. The normalized spacial score (nSPS) is 11.1. The molecule has 0 aliphatic rings. The first kappa shape index (κ1) is 13.0. The van der Waals surface area contributed by atoms with E-state index >= 15 is 0 Å². The van der Waals surface area contributed by atoms with Crippen molar-refractivity contribution in [2.45, 2.75) is 6.42 Å². The number of benzene rings is 1. The summed E-state index contributed by atoms with van der Waals surface area (Å²) in [6.45, 7) is 0.0727. The van der Waals surface area contributed by atoms with Crippen LogP contribution in [-0.4, -0.2) is 32.9 Å². The van der Waals surface area contributed by atoms with E-state index in [0.717, 1.165) is 5.56 Å². The van der Waals surface area contributed by atoms with Crippen LogP contribution in [0.4, 0.5) is 0 Å². The van der Waals surface area contributed by atoms with E-state index in [1.807, 2.05) is 18.2 Å². The molecule has 1 aromatic carbocycles. The zero-order valence-corrected chi connectivity index (χ0v) is 9.97. The van der Waals surface area contributed by atoms with Gasteiger partial charge in [-0.25, -0.2) is 0 Å². The molecule has 0 aromatic heterocycles. The Kier molecular flexibility index (Phi) is 5.00. The van der Waals surface area contributed by atoms with E-state index in [1.165, 1.54) is 0 Å². The van der Waals surface area contributed by atoms with Crippen LogP contribution in [0.15, 0.2) is 23.2 Å². The number of amidine groups is 1. The Labute approximate surface area is 100 Å². The van der Waals surface area contributed by atoms with Crippen molar-refractivity contribution in [3.05, 3.63) is 23.8 Å². The fraction of sp³-hybridized carbons (Fsp3) is 0.333. The van der Waals surface area contributed by atoms with Gasteiger partial charge < -0.3 is 20.0 Å². The molecule has 0 radical (unpaired) electrons. The number of nitrogens with two attached hydrogens (primary N) is 1. The van der Waals surface area contributed by atoms with Gasteiger partial charge in [0, 0.05) is 12.0 Å². The maximum Gasteiger partial charge on any atom is 0.141 e. The van der Waals surface area contributed by atoms with Crippen LogP contribution in [0.3, 0.4) is 0 Å². The summed E-state index contributed by atoms with van der Waals surface area (Å²) in [4.78, 5) is 14.1. The number of hydrogen-bond donors (Lipinski definition) is 1. The van der Waals surface area contributed by atoms with E-state index in [2.05, 4.69) is 4.99 Å². The van der Waals surface area contributed by atoms with Crippen molar-refractivity contribution in [2.75, 3.05) is 20.8 Å². The molecule has 92 valence electrons. The highest BCUT2D eigenvalue weighted by atomic mass is 16.5. The summed E-state index contributed by atoms with van der Waals surface area (Å²) >= 11 is 0. The van der Waals surface area contributed by atoms with Crippen LogP contribution in [0, 0.1) is 0 Å². The summed E-state index contributed by atoms with van der Waals surface area (Å²) in [5, 5.41) is 0. The van der Waals surface area contributed by atoms with Gasteiger partial charge in [0.05, 0.1) is 26.6 Å². The summed E-state index contributed by atoms with van der Waals surface area (Å²) in [6, 6.07) is 5.48. The number of carbonyl (C=O) groups is 1. The van der Waals surface area contributed by atoms with Gasteiger partial charge >= 0.3 is 0 Å². The summed E-state index contributed by atoms with van der Waals surface area (Å²) in [5.41, 5.74) is 6.54. The second-order valence-corrected chi connectivity index (χ2v) is 3.32. The van der Waals surface area contributed by atoms with Crippen molar-refractivity contribution in [1.82, 2.24) is 0 Å². The molecule has 5 nitrogen and oxygen atoms in total. The van der Waals surface area contributed by atoms with E-state index in [1.54, 1.807) is 14.2 Å². The number of rotatable bonds is 6. The molecule has 0 saturated heterocycles. The molecule has 0 aliphatic carbocycles. The monoisotopic (exact) mass is 236 g/mol. The van der Waals surface area contributed by atoms with Gasteiger partial charge in [-0.15, -0.1) is 0 Å². The van der Waals surface area contributed by atoms with Gasteiger partial charge in [-0.05, 0) is 12.1 Å². The first-order chi connectivity index (χ1) is 8.22. The van der Waals surface area contributed by atoms with Gasteiger partial charge in [0.2, 0.25) is 0 Å². The van der Waals surface area contributed by atoms with Crippen LogP contribution in [0.1, 0.15) is 5.56 Å². The summed E-state index contributed by atoms with van der Waals surface area (Å²) in [6.07, 6.45) is 1.09. The van der Waals surface area contributed by atoms with E-state index in [4.69, 9.17) is 15.2 Å². The Bertz CT molecular complexity index is 394. The molecule has 0 heterocycles. The zero-order chi connectivity index (χ0) is 12.7. The maximum atomic E-state index is 10.2. The van der Waals surface area contributed by atoms with Crippen LogP contribution < -0.4 is 15.2 Å². The summed E-state index contributed by atoms with van der Waals surface area (Å²) in [5.74, 6) is 1.75. The lowest BCUT2D eigenvalue weighted by atomic mass is 10.1. The molecule has 5 heteroatoms. The Morgan fingerprint density at radius 1 is 1.35 bits per heavy atom. The van der Waals surface area contributed by atoms with Crippen LogP contribution in [0.5, 0.6) is 11.5 Å². The van der Waals surface area contributed by atoms with Gasteiger partial charge in [-0.1, -0.05) is 6.07 Å². The number of hydrogen-bond acceptors (Lipinski definition) is 4. The van der Waals surface area contributed by atoms with Gasteiger partial charge in [0.1, 0.15) is 17.8 Å². The molecule has 0 bridgehead atoms. The van der Waals surface area contributed by atoms with Crippen molar-refractivity contribution in [3.8, 4) is 11.5 Å². The molecule has 0 unspecified atom stereocenters. The molecular formula is C12H16N2O3. The first-order valence-electron chi connectivity index (χ1n) is 5.15. The summed E-state index contributed by atoms with van der Waals surface area (Å²) in [7, 11) is 3.16. The first-order valence-corrected chi connectivity index (χ1v) is 5.15. The third kappa shape index (κ3) is 3.48. The van der Waals surface area contributed by atoms with Crippen LogP contribution in [-0.2, 0) is 11.2 Å². The smallest absolute Gasteiger partial charge is 0.141 e. The second-order valence-electron chi connectivity index (χ2n) is 3.32. The fourth-order valence-electron chi connectivity index (χ4n) is 1.49. The Balaban J connectivity index is 2.98. The molecule has 1 rings (SSSR count). The Hall–Kier alpha value is -2.04. The Morgan fingerprint density at radius 3 is 2.41 bits per heavy atom. The summed E-state index contributed by atoms with van der Waals surface area (Å²) < 4.78 is 10.5. The second kappa shape index (κ2) is 6.52. The number of nitrogens with zero attached hydrogens (tertiary/aromatic N) is 1. The van der Waals surface area contributed by atoms with Crippen LogP contribution >= 0.6 is 0 Å². The van der Waals surface area contributed by atoms with E-state index in [0.29, 0.717) is 30.0 Å². The topological polar surface area (TPSA) is 73.9 Å². The highest BCUT2D eigenvalue weighted by molar-refractivity contribution is 5.85. The van der Waals surface area contributed by atoms with Crippen molar-refractivity contribution >= 4 is 12.1 Å². The quantitative estimate of drug-likeness (QED) is 0.450. The van der Waals surface area contributed by atoms with Gasteiger partial charge in [0.25, 0.3) is 0 Å². The number of methoxy groups -OCH3 is 2. The molecule has 0 spiro atoms. The fourth-order valence-corrected chi connectivity index (χ4v) is 1.49. The van der Waals surface area contributed by atoms with Crippen molar-refractivity contribution in [2.24, 2.45) is 10.7 Å². The predicted molar refractivity (Wildman–Crippen MR) is 65.8 cm³/mol. The van der Waals surface area contributed by atoms with Gasteiger partial charge in [-0.2, -0.15) is 0 Å². The van der Waals surface area contributed by atoms with E-state index in [9.17, 15) is 4.79 Å². The van der Waals surface area contributed by atoms with Crippen molar-refractivity contribution in [3.63, 3.8) is 0 Å². The number of ether oxygens (including phenoxy) is 2. The molecule has 2 N–H and O–H groups in total. The molecule has 17 heavy (non-hydrogen) atoms.